The van der Waals surface area contributed by atoms with Crippen molar-refractivity contribution in [3.05, 3.63) is 111 Å². The Morgan fingerprint density at radius 1 is 1.10 bits per heavy atom. The fourth-order valence-corrected chi connectivity index (χ4v) is 7.13. The second-order valence-electron chi connectivity index (χ2n) is 12.8. The van der Waals surface area contributed by atoms with Gasteiger partial charge < -0.3 is 19.7 Å². The van der Waals surface area contributed by atoms with E-state index in [1.54, 1.807) is 24.8 Å². The molecule has 2 aromatic carbocycles. The minimum atomic E-state index is -1.18. The largest absolute Gasteiger partial charge is 0.460 e. The zero-order valence-corrected chi connectivity index (χ0v) is 29.3. The lowest BCUT2D eigenvalue weighted by Crippen LogP contribution is -2.58. The number of nitrogens with zero attached hydrogens (tertiary/aromatic N) is 2. The highest BCUT2D eigenvalue weighted by Crippen LogP contribution is 2.45. The fourth-order valence-electron chi connectivity index (χ4n) is 6.91. The average molecular weight is 705 g/mol. The molecule has 2 N–H and O–H groups in total. The number of benzene rings is 2. The summed E-state index contributed by atoms with van der Waals surface area (Å²) in [6.07, 6.45) is 5.82. The molecular formula is C38H42ClFN4O6. The Morgan fingerprint density at radius 2 is 1.84 bits per heavy atom. The molecule has 0 saturated carbocycles. The number of hydrogen-bond acceptors (Lipinski definition) is 7. The number of nitrogens with one attached hydrogen (secondary N) is 2. The van der Waals surface area contributed by atoms with Crippen LogP contribution in [-0.4, -0.2) is 57.2 Å². The van der Waals surface area contributed by atoms with Gasteiger partial charge in [0.25, 0.3) is 5.91 Å². The van der Waals surface area contributed by atoms with Crippen LogP contribution in [-0.2, 0) is 20.9 Å². The number of likely N-dealkylation sites (tertiary alicyclic amines) is 1. The fraction of sp³-hybridized carbons (Fsp3) is 0.395. The molecule has 2 amide bonds. The van der Waals surface area contributed by atoms with Gasteiger partial charge in [-0.05, 0) is 68.9 Å². The van der Waals surface area contributed by atoms with Crippen LogP contribution in [0.15, 0.2) is 83.2 Å². The third-order valence-electron chi connectivity index (χ3n) is 9.68. The molecule has 0 bridgehead atoms. The summed E-state index contributed by atoms with van der Waals surface area (Å²) in [6.45, 7) is 7.21. The van der Waals surface area contributed by atoms with Crippen molar-refractivity contribution in [3.8, 4) is 11.5 Å². The summed E-state index contributed by atoms with van der Waals surface area (Å²) in [5, 5.41) is 9.02. The molecule has 12 heteroatoms. The van der Waals surface area contributed by atoms with Gasteiger partial charge in [0.15, 0.2) is 5.75 Å². The highest BCUT2D eigenvalue weighted by molar-refractivity contribution is 6.32. The molecule has 5 rings (SSSR count). The molecule has 1 aromatic heterocycles. The van der Waals surface area contributed by atoms with Crippen LogP contribution in [0.4, 0.5) is 4.39 Å². The molecule has 1 saturated heterocycles. The zero-order chi connectivity index (χ0) is 36.0. The van der Waals surface area contributed by atoms with E-state index in [0.717, 1.165) is 11.1 Å². The Bertz CT molecular complexity index is 1840. The van der Waals surface area contributed by atoms with Crippen molar-refractivity contribution in [1.82, 2.24) is 20.4 Å². The van der Waals surface area contributed by atoms with Crippen LogP contribution >= 0.6 is 11.6 Å². The zero-order valence-electron chi connectivity index (χ0n) is 28.6. The van der Waals surface area contributed by atoms with Gasteiger partial charge in [0.2, 0.25) is 5.91 Å². The van der Waals surface area contributed by atoms with Crippen LogP contribution < -0.4 is 15.6 Å². The van der Waals surface area contributed by atoms with E-state index in [9.17, 15) is 23.6 Å². The molecular weight excluding hydrogens is 663 g/mol. The Kier molecular flexibility index (Phi) is 11.6. The summed E-state index contributed by atoms with van der Waals surface area (Å²) in [5.41, 5.74) is 0.747. The van der Waals surface area contributed by atoms with Crippen LogP contribution in [0.25, 0.3) is 0 Å². The number of amides is 2. The monoisotopic (exact) mass is 704 g/mol. The molecule has 1 unspecified atom stereocenters. The predicted octanol–water partition coefficient (Wildman–Crippen LogP) is 6.78. The topological polar surface area (TPSA) is 131 Å². The van der Waals surface area contributed by atoms with Crippen molar-refractivity contribution < 1.29 is 28.2 Å². The van der Waals surface area contributed by atoms with Crippen LogP contribution in [0.2, 0.25) is 5.02 Å². The quantitative estimate of drug-likeness (QED) is 0.199. The van der Waals surface area contributed by atoms with E-state index in [-0.39, 0.29) is 35.1 Å². The van der Waals surface area contributed by atoms with Crippen LogP contribution in [0, 0.1) is 12.3 Å². The first-order valence-corrected chi connectivity index (χ1v) is 17.2. The lowest BCUT2D eigenvalue weighted by Gasteiger charge is -2.43. The number of aromatic amines is 1. The van der Waals surface area contributed by atoms with Crippen LogP contribution in [0.1, 0.15) is 74.5 Å². The molecule has 50 heavy (non-hydrogen) atoms. The predicted molar refractivity (Wildman–Crippen MR) is 188 cm³/mol. The first-order chi connectivity index (χ1) is 24.0. The molecule has 2 aliphatic rings. The summed E-state index contributed by atoms with van der Waals surface area (Å²) in [5.74, 6) is -1.20. The minimum absolute atomic E-state index is 0.00706. The van der Waals surface area contributed by atoms with Gasteiger partial charge in [-0.3, -0.25) is 19.2 Å². The molecule has 0 radical (unpaired) electrons. The number of allylic oxidation sites excluding steroid dienone is 3. The van der Waals surface area contributed by atoms with Crippen molar-refractivity contribution in [2.75, 3.05) is 0 Å². The van der Waals surface area contributed by atoms with E-state index >= 15 is 0 Å². The van der Waals surface area contributed by atoms with E-state index in [2.05, 4.69) is 15.5 Å². The Balaban J connectivity index is 1.38. The smallest absolute Gasteiger partial charge is 0.314 e. The summed E-state index contributed by atoms with van der Waals surface area (Å²) in [6, 6.07) is 13.2. The number of carbonyl (C=O) groups excluding carboxylic acids is 3. The number of ether oxygens (including phenoxy) is 2. The van der Waals surface area contributed by atoms with Gasteiger partial charge in [0.1, 0.15) is 24.6 Å². The van der Waals surface area contributed by atoms with Gasteiger partial charge >= 0.3 is 11.5 Å². The third kappa shape index (κ3) is 7.83. The number of aryl methyl sites for hydroxylation is 1. The Labute approximate surface area is 295 Å². The lowest BCUT2D eigenvalue weighted by molar-refractivity contribution is -0.164. The number of esters is 1. The van der Waals surface area contributed by atoms with Crippen molar-refractivity contribution in [2.45, 2.75) is 90.7 Å². The molecule has 264 valence electrons. The highest BCUT2D eigenvalue weighted by atomic mass is 35.5. The molecule has 10 nitrogen and oxygen atoms in total. The first-order valence-electron chi connectivity index (χ1n) is 16.9. The second-order valence-corrected chi connectivity index (χ2v) is 13.2. The summed E-state index contributed by atoms with van der Waals surface area (Å²) < 4.78 is 26.2. The lowest BCUT2D eigenvalue weighted by atomic mass is 9.74. The highest BCUT2D eigenvalue weighted by Gasteiger charge is 2.53. The van der Waals surface area contributed by atoms with Crippen molar-refractivity contribution in [2.24, 2.45) is 5.41 Å². The summed E-state index contributed by atoms with van der Waals surface area (Å²) >= 11 is 6.44. The van der Waals surface area contributed by atoms with Gasteiger partial charge in [-0.25, -0.2) is 9.49 Å². The van der Waals surface area contributed by atoms with Gasteiger partial charge in [-0.1, -0.05) is 74.0 Å². The van der Waals surface area contributed by atoms with Crippen molar-refractivity contribution >= 4 is 29.4 Å². The summed E-state index contributed by atoms with van der Waals surface area (Å²) in [7, 11) is 0. The normalized spacial score (nSPS) is 19.4. The first kappa shape index (κ1) is 36.5. The Morgan fingerprint density at radius 3 is 2.52 bits per heavy atom. The van der Waals surface area contributed by atoms with E-state index in [1.165, 1.54) is 30.3 Å². The molecule has 3 aromatic rings. The standard InChI is InChI=1S/C38H42ClFN4O6/c1-5-38(6-2,37(48)49-22-25-11-8-7-9-12-25)33-18-16-30(26-13-10-14-28(40)20-26)44(33)36(47)24(4)41-34(45)27-15-17-31(29(39)21-27)50-32-19-23(3)42-43-35(32)46/h7-15,17,19,21,24,28,30,33H,5-6,16,18,20,22H2,1-4H3,(H,41,45)(H,43,46)/t24-,28?,30+,33-/m1/s1. The molecule has 1 fully saturated rings. The van der Waals surface area contributed by atoms with Crippen LogP contribution in [0.5, 0.6) is 11.5 Å². The molecule has 1 aliphatic heterocycles. The number of halogens is 2. The number of aromatic nitrogens is 2. The number of alkyl halides is 1. The maximum atomic E-state index is 14.6. The molecule has 4 atom stereocenters. The number of rotatable bonds is 12. The second kappa shape index (κ2) is 15.8. The average Bonchev–Trinajstić information content (AvgIpc) is 3.56. The maximum Gasteiger partial charge on any atom is 0.314 e. The van der Waals surface area contributed by atoms with Crippen molar-refractivity contribution in [1.29, 1.82) is 0 Å². The van der Waals surface area contributed by atoms with E-state index in [0.29, 0.717) is 31.4 Å². The van der Waals surface area contributed by atoms with Gasteiger partial charge in [0, 0.05) is 24.1 Å². The third-order valence-corrected chi connectivity index (χ3v) is 9.97. The van der Waals surface area contributed by atoms with Gasteiger partial charge in [-0.15, -0.1) is 0 Å². The molecule has 1 aliphatic carbocycles. The van der Waals surface area contributed by atoms with E-state index in [4.69, 9.17) is 21.1 Å². The SMILES string of the molecule is CCC(CC)(C(=O)OCc1ccccc1)[C@H]1CC[C@@H](C2=CC=CC(F)C2)N1C(=O)[C@@H](C)NC(=O)c1ccc(Oc2cc(C)n[nH]c2=O)c(Cl)c1. The number of H-pyrrole nitrogens is 1. The molecule has 2 heterocycles. The Hall–Kier alpha value is -4.77. The van der Waals surface area contributed by atoms with E-state index < -0.39 is 53.1 Å². The number of carbonyl (C=O) groups is 3. The van der Waals surface area contributed by atoms with Gasteiger partial charge in [-0.2, -0.15) is 5.10 Å². The van der Waals surface area contributed by atoms with E-state index in [1.807, 2.05) is 50.3 Å². The number of hydrogen-bond donors (Lipinski definition) is 2. The minimum Gasteiger partial charge on any atom is -0.460 e. The van der Waals surface area contributed by atoms with Crippen LogP contribution in [0.3, 0.4) is 0 Å². The molecule has 0 spiro atoms. The summed E-state index contributed by atoms with van der Waals surface area (Å²) in [4.78, 5) is 55.7. The maximum absolute atomic E-state index is 14.6. The van der Waals surface area contributed by atoms with Crippen molar-refractivity contribution in [3.63, 3.8) is 0 Å². The van der Waals surface area contributed by atoms with Gasteiger partial charge in [0.05, 0.1) is 22.2 Å².